The zero-order chi connectivity index (χ0) is 28.7. The Balaban J connectivity index is 1.01. The third-order valence-corrected chi connectivity index (χ3v) is 9.49. The molecule has 2 amide bonds. The van der Waals surface area contributed by atoms with Crippen LogP contribution in [0.15, 0.2) is 29.1 Å². The number of hydrogen-bond donors (Lipinski definition) is 2. The fourth-order valence-corrected chi connectivity index (χ4v) is 7.52. The van der Waals surface area contributed by atoms with Crippen molar-refractivity contribution >= 4 is 23.0 Å². The van der Waals surface area contributed by atoms with E-state index in [-0.39, 0.29) is 35.8 Å². The molecule has 11 heteroatoms. The Bertz CT molecular complexity index is 1290. The second-order valence-electron chi connectivity index (χ2n) is 12.6. The zero-order valence-corrected chi connectivity index (χ0v) is 24.3. The third-order valence-electron chi connectivity index (χ3n) is 9.49. The number of ether oxygens (including phenoxy) is 1. The van der Waals surface area contributed by atoms with E-state index in [0.717, 1.165) is 57.1 Å². The molecule has 4 fully saturated rings. The standard InChI is InChI=1S/C30H44N6O5/c1-20(2)35-25-6-3-4-7-26(25)36(30(35)40)29(39)31-21-16-22-9-10-23(17-21)34(22)19-24(37)18-32-11-13-33(14-12-32)28(38)27-8-5-15-41-27/h3-4,6-7,20-24,27,37H,5,8-19H2,1-2H3,(H,31,39)/t21?,22-,23+,24-,27-/m0/s1. The highest BCUT2D eigenvalue weighted by Gasteiger charge is 2.42. The highest BCUT2D eigenvalue weighted by Crippen LogP contribution is 2.36. The monoisotopic (exact) mass is 568 g/mol. The fraction of sp³-hybridized carbons (Fsp3) is 0.700. The van der Waals surface area contributed by atoms with Gasteiger partial charge in [-0.15, -0.1) is 0 Å². The second kappa shape index (κ2) is 11.9. The summed E-state index contributed by atoms with van der Waals surface area (Å²) in [5, 5.41) is 14.2. The summed E-state index contributed by atoms with van der Waals surface area (Å²) in [7, 11) is 0. The number of aromatic nitrogens is 2. The van der Waals surface area contributed by atoms with Crippen molar-refractivity contribution in [2.24, 2.45) is 0 Å². The van der Waals surface area contributed by atoms with Crippen LogP contribution < -0.4 is 11.0 Å². The molecular weight excluding hydrogens is 524 g/mol. The average molecular weight is 569 g/mol. The highest BCUT2D eigenvalue weighted by molar-refractivity contribution is 5.89. The lowest BCUT2D eigenvalue weighted by Crippen LogP contribution is -2.56. The van der Waals surface area contributed by atoms with Gasteiger partial charge in [-0.3, -0.25) is 19.2 Å². The maximum absolute atomic E-state index is 13.4. The lowest BCUT2D eigenvalue weighted by atomic mass is 9.97. The molecule has 4 aliphatic rings. The normalized spacial score (nSPS) is 28.0. The lowest BCUT2D eigenvalue weighted by Gasteiger charge is -2.41. The third kappa shape index (κ3) is 5.69. The molecule has 4 saturated heterocycles. The number of amides is 2. The fourth-order valence-electron chi connectivity index (χ4n) is 7.52. The van der Waals surface area contributed by atoms with Crippen molar-refractivity contribution in [3.05, 3.63) is 34.7 Å². The van der Waals surface area contributed by atoms with Crippen LogP contribution in [0.2, 0.25) is 0 Å². The molecule has 0 saturated carbocycles. The number of benzene rings is 1. The molecule has 2 N–H and O–H groups in total. The van der Waals surface area contributed by atoms with Crippen LogP contribution in [0.5, 0.6) is 0 Å². The van der Waals surface area contributed by atoms with Crippen LogP contribution in [0.1, 0.15) is 58.4 Å². The van der Waals surface area contributed by atoms with Gasteiger partial charge in [-0.1, -0.05) is 12.1 Å². The minimum absolute atomic E-state index is 0.00378. The Morgan fingerprint density at radius 2 is 1.68 bits per heavy atom. The molecule has 0 aliphatic carbocycles. The number of para-hydroxylation sites is 2. The summed E-state index contributed by atoms with van der Waals surface area (Å²) in [6, 6.07) is 7.65. The number of fused-ring (bicyclic) bond motifs is 3. The number of hydrogen-bond acceptors (Lipinski definition) is 7. The predicted molar refractivity (Wildman–Crippen MR) is 155 cm³/mol. The summed E-state index contributed by atoms with van der Waals surface area (Å²) in [5.74, 6) is 0.116. The van der Waals surface area contributed by atoms with Gasteiger partial charge >= 0.3 is 11.7 Å². The molecule has 1 aromatic heterocycles. The van der Waals surface area contributed by atoms with Gasteiger partial charge in [0.05, 0.1) is 17.1 Å². The van der Waals surface area contributed by atoms with Crippen molar-refractivity contribution in [2.45, 2.75) is 88.7 Å². The number of nitrogens with one attached hydrogen (secondary N) is 1. The number of aliphatic hydroxyl groups excluding tert-OH is 1. The maximum Gasteiger partial charge on any atom is 0.337 e. The number of carbonyl (C=O) groups is 2. The molecule has 6 rings (SSSR count). The number of aliphatic hydroxyl groups is 1. The van der Waals surface area contributed by atoms with Crippen LogP contribution in [0.3, 0.4) is 0 Å². The molecule has 2 aromatic rings. The van der Waals surface area contributed by atoms with Crippen LogP contribution >= 0.6 is 0 Å². The van der Waals surface area contributed by atoms with Crippen LogP contribution in [0.25, 0.3) is 11.0 Å². The zero-order valence-electron chi connectivity index (χ0n) is 24.3. The molecular formula is C30H44N6O5. The molecule has 5 heterocycles. The molecule has 4 aliphatic heterocycles. The van der Waals surface area contributed by atoms with E-state index < -0.39 is 6.10 Å². The van der Waals surface area contributed by atoms with Gasteiger partial charge in [0.25, 0.3) is 5.91 Å². The number of carbonyl (C=O) groups excluding carboxylic acids is 2. The molecule has 0 spiro atoms. The number of piperazine rings is 1. The van der Waals surface area contributed by atoms with E-state index in [1.807, 2.05) is 43.0 Å². The van der Waals surface area contributed by atoms with Gasteiger partial charge in [0.15, 0.2) is 0 Å². The highest BCUT2D eigenvalue weighted by atomic mass is 16.5. The Labute approximate surface area is 241 Å². The Morgan fingerprint density at radius 3 is 2.32 bits per heavy atom. The summed E-state index contributed by atoms with van der Waals surface area (Å²) in [5.41, 5.74) is 1.09. The summed E-state index contributed by atoms with van der Waals surface area (Å²) < 4.78 is 8.51. The minimum atomic E-state index is -0.467. The van der Waals surface area contributed by atoms with Gasteiger partial charge in [-0.05, 0) is 64.5 Å². The summed E-state index contributed by atoms with van der Waals surface area (Å²) >= 11 is 0. The number of β-amino-alcohol motifs (C(OH)–C–C–N with tert-alkyl or cyclic N) is 1. The predicted octanol–water partition coefficient (Wildman–Crippen LogP) is 1.62. The molecule has 224 valence electrons. The Morgan fingerprint density at radius 1 is 1.00 bits per heavy atom. The Kier molecular flexibility index (Phi) is 8.22. The SMILES string of the molecule is CC(C)n1c(=O)n(C(=O)NC2C[C@H]3CC[C@@H](C2)N3C[C@@H](O)CN2CCN(C(=O)[C@@H]3CCCO3)CC2)c2ccccc21. The van der Waals surface area contributed by atoms with Gasteiger partial charge in [0.1, 0.15) is 6.10 Å². The van der Waals surface area contributed by atoms with E-state index in [9.17, 15) is 19.5 Å². The van der Waals surface area contributed by atoms with E-state index >= 15 is 0 Å². The van der Waals surface area contributed by atoms with E-state index in [0.29, 0.717) is 50.4 Å². The van der Waals surface area contributed by atoms with Crippen LogP contribution in [0, 0.1) is 0 Å². The Hall–Kier alpha value is -2.73. The topological polar surface area (TPSA) is 112 Å². The van der Waals surface area contributed by atoms with Gasteiger partial charge in [0.2, 0.25) is 0 Å². The number of imidazole rings is 1. The summed E-state index contributed by atoms with van der Waals surface area (Å²) in [6.45, 7) is 8.69. The number of rotatable bonds is 7. The summed E-state index contributed by atoms with van der Waals surface area (Å²) in [4.78, 5) is 45.8. The first-order valence-electron chi connectivity index (χ1n) is 15.4. The van der Waals surface area contributed by atoms with Crippen LogP contribution in [-0.2, 0) is 9.53 Å². The molecule has 41 heavy (non-hydrogen) atoms. The van der Waals surface area contributed by atoms with E-state index in [4.69, 9.17) is 4.74 Å². The van der Waals surface area contributed by atoms with Crippen molar-refractivity contribution in [3.63, 3.8) is 0 Å². The first-order chi connectivity index (χ1) is 19.8. The molecule has 2 bridgehead atoms. The average Bonchev–Trinajstić information content (AvgIpc) is 3.64. The molecule has 5 atom stereocenters. The quantitative estimate of drug-likeness (QED) is 0.522. The molecule has 11 nitrogen and oxygen atoms in total. The van der Waals surface area contributed by atoms with Crippen LogP contribution in [0.4, 0.5) is 4.79 Å². The van der Waals surface area contributed by atoms with Gasteiger partial charge in [-0.2, -0.15) is 0 Å². The number of nitrogens with zero attached hydrogens (tertiary/aromatic N) is 5. The van der Waals surface area contributed by atoms with E-state index in [2.05, 4.69) is 15.1 Å². The first kappa shape index (κ1) is 28.4. The minimum Gasteiger partial charge on any atom is -0.390 e. The van der Waals surface area contributed by atoms with Crippen molar-refractivity contribution in [2.75, 3.05) is 45.9 Å². The van der Waals surface area contributed by atoms with E-state index in [1.54, 1.807) is 4.57 Å². The molecule has 1 aromatic carbocycles. The van der Waals surface area contributed by atoms with E-state index in [1.165, 1.54) is 4.57 Å². The van der Waals surface area contributed by atoms with Gasteiger partial charge in [0, 0.05) is 70.0 Å². The van der Waals surface area contributed by atoms with Crippen molar-refractivity contribution in [1.82, 2.24) is 29.2 Å². The van der Waals surface area contributed by atoms with Crippen molar-refractivity contribution < 1.29 is 19.4 Å². The van der Waals surface area contributed by atoms with Crippen molar-refractivity contribution in [3.8, 4) is 0 Å². The van der Waals surface area contributed by atoms with Crippen molar-refractivity contribution in [1.29, 1.82) is 0 Å². The largest absolute Gasteiger partial charge is 0.390 e. The molecule has 1 unspecified atom stereocenters. The number of piperidine rings is 1. The lowest BCUT2D eigenvalue weighted by molar-refractivity contribution is -0.142. The smallest absolute Gasteiger partial charge is 0.337 e. The molecule has 0 radical (unpaired) electrons. The first-order valence-corrected chi connectivity index (χ1v) is 15.4. The van der Waals surface area contributed by atoms with Gasteiger partial charge in [-0.25, -0.2) is 14.2 Å². The summed E-state index contributed by atoms with van der Waals surface area (Å²) in [6.07, 6.45) is 4.79. The van der Waals surface area contributed by atoms with Crippen LogP contribution in [-0.4, -0.2) is 117 Å². The maximum atomic E-state index is 13.4. The second-order valence-corrected chi connectivity index (χ2v) is 12.6. The van der Waals surface area contributed by atoms with Gasteiger partial charge < -0.3 is 20.1 Å².